The van der Waals surface area contributed by atoms with Gasteiger partial charge in [0, 0.05) is 24.1 Å². The number of carbonyl (C=O) groups excluding carboxylic acids is 1. The number of methoxy groups -OCH3 is 2. The number of rotatable bonds is 5. The molecule has 0 aliphatic heterocycles. The third kappa shape index (κ3) is 2.97. The molecule has 1 unspecified atom stereocenters. The molecule has 2 N–H and O–H groups in total. The second-order valence-electron chi connectivity index (χ2n) is 3.62. The number of nitrogens with two attached hydrogens (primary N) is 1. The van der Waals surface area contributed by atoms with Crippen molar-refractivity contribution in [1.29, 1.82) is 0 Å². The standard InChI is InChI=1S/C12H17NO3/c1-8(14)6-11(13)10-5-4-9(15-2)7-12(10)16-3/h4-5,7,11H,6,13H2,1-3H3. The van der Waals surface area contributed by atoms with Gasteiger partial charge in [-0.25, -0.2) is 0 Å². The van der Waals surface area contributed by atoms with Crippen LogP contribution in [-0.4, -0.2) is 20.0 Å². The summed E-state index contributed by atoms with van der Waals surface area (Å²) in [7, 11) is 3.16. The molecule has 0 aliphatic rings. The van der Waals surface area contributed by atoms with E-state index >= 15 is 0 Å². The van der Waals surface area contributed by atoms with Gasteiger partial charge in [-0.3, -0.25) is 4.79 Å². The maximum absolute atomic E-state index is 11.0. The Labute approximate surface area is 95.3 Å². The SMILES string of the molecule is COc1ccc(C(N)CC(C)=O)c(OC)c1. The Bertz CT molecular complexity index is 377. The highest BCUT2D eigenvalue weighted by Crippen LogP contribution is 2.29. The van der Waals surface area contributed by atoms with E-state index in [1.54, 1.807) is 26.4 Å². The molecule has 4 nitrogen and oxygen atoms in total. The Morgan fingerprint density at radius 2 is 2.06 bits per heavy atom. The van der Waals surface area contributed by atoms with Crippen molar-refractivity contribution in [3.05, 3.63) is 23.8 Å². The van der Waals surface area contributed by atoms with Crippen LogP contribution in [0.2, 0.25) is 0 Å². The van der Waals surface area contributed by atoms with Gasteiger partial charge in [-0.1, -0.05) is 6.07 Å². The molecule has 0 saturated heterocycles. The van der Waals surface area contributed by atoms with Crippen molar-refractivity contribution in [2.24, 2.45) is 5.73 Å². The molecule has 16 heavy (non-hydrogen) atoms. The second kappa shape index (κ2) is 5.51. The summed E-state index contributed by atoms with van der Waals surface area (Å²) < 4.78 is 10.3. The molecule has 0 amide bonds. The molecule has 0 radical (unpaired) electrons. The van der Waals surface area contributed by atoms with E-state index in [1.807, 2.05) is 6.07 Å². The third-order valence-electron chi connectivity index (χ3n) is 2.35. The quantitative estimate of drug-likeness (QED) is 0.825. The summed E-state index contributed by atoms with van der Waals surface area (Å²) in [6.07, 6.45) is 0.308. The smallest absolute Gasteiger partial charge is 0.131 e. The van der Waals surface area contributed by atoms with Gasteiger partial charge in [-0.15, -0.1) is 0 Å². The normalized spacial score (nSPS) is 12.0. The van der Waals surface area contributed by atoms with Crippen LogP contribution in [0.3, 0.4) is 0 Å². The molecular weight excluding hydrogens is 206 g/mol. The highest BCUT2D eigenvalue weighted by Gasteiger charge is 2.14. The van der Waals surface area contributed by atoms with Gasteiger partial charge in [-0.05, 0) is 13.0 Å². The summed E-state index contributed by atoms with van der Waals surface area (Å²) in [4.78, 5) is 11.0. The van der Waals surface area contributed by atoms with Gasteiger partial charge in [0.1, 0.15) is 17.3 Å². The zero-order valence-corrected chi connectivity index (χ0v) is 9.82. The Morgan fingerprint density at radius 3 is 2.56 bits per heavy atom. The van der Waals surface area contributed by atoms with Gasteiger partial charge >= 0.3 is 0 Å². The van der Waals surface area contributed by atoms with Crippen molar-refractivity contribution in [3.63, 3.8) is 0 Å². The summed E-state index contributed by atoms with van der Waals surface area (Å²) in [6, 6.07) is 5.05. The molecule has 88 valence electrons. The minimum absolute atomic E-state index is 0.0605. The van der Waals surface area contributed by atoms with Gasteiger partial charge in [0.15, 0.2) is 0 Å². The maximum Gasteiger partial charge on any atom is 0.131 e. The first kappa shape index (κ1) is 12.5. The lowest BCUT2D eigenvalue weighted by Crippen LogP contribution is -2.14. The second-order valence-corrected chi connectivity index (χ2v) is 3.62. The predicted octanol–water partition coefficient (Wildman–Crippen LogP) is 1.68. The average Bonchev–Trinajstić information content (AvgIpc) is 2.27. The van der Waals surface area contributed by atoms with E-state index in [2.05, 4.69) is 0 Å². The average molecular weight is 223 g/mol. The van der Waals surface area contributed by atoms with Crippen LogP contribution < -0.4 is 15.2 Å². The molecule has 1 atom stereocenters. The lowest BCUT2D eigenvalue weighted by molar-refractivity contribution is -0.117. The number of Topliss-reactive ketones (excluding diaryl/α,β-unsaturated/α-hetero) is 1. The molecule has 0 heterocycles. The number of ketones is 1. The molecule has 0 spiro atoms. The number of benzene rings is 1. The van der Waals surface area contributed by atoms with Crippen LogP contribution in [0, 0.1) is 0 Å². The topological polar surface area (TPSA) is 61.5 Å². The molecule has 1 aromatic rings. The molecular formula is C12H17NO3. The Hall–Kier alpha value is -1.55. The molecule has 4 heteroatoms. The first-order valence-corrected chi connectivity index (χ1v) is 5.05. The summed E-state index contributed by atoms with van der Waals surface area (Å²) in [5.41, 5.74) is 6.74. The van der Waals surface area contributed by atoms with E-state index in [-0.39, 0.29) is 11.8 Å². The molecule has 0 aromatic heterocycles. The summed E-state index contributed by atoms with van der Waals surface area (Å²) >= 11 is 0. The van der Waals surface area contributed by atoms with Crippen LogP contribution in [0.1, 0.15) is 24.9 Å². The van der Waals surface area contributed by atoms with Gasteiger partial charge < -0.3 is 15.2 Å². The Balaban J connectivity index is 2.98. The maximum atomic E-state index is 11.0. The number of hydrogen-bond donors (Lipinski definition) is 1. The van der Waals surface area contributed by atoms with Crippen LogP contribution in [0.25, 0.3) is 0 Å². The summed E-state index contributed by atoms with van der Waals surface area (Å²) in [6.45, 7) is 1.52. The molecule has 1 aromatic carbocycles. The van der Waals surface area contributed by atoms with Crippen molar-refractivity contribution >= 4 is 5.78 Å². The lowest BCUT2D eigenvalue weighted by atomic mass is 10.0. The van der Waals surface area contributed by atoms with E-state index < -0.39 is 0 Å². The van der Waals surface area contributed by atoms with E-state index in [1.165, 1.54) is 6.92 Å². The van der Waals surface area contributed by atoms with Crippen LogP contribution >= 0.6 is 0 Å². The van der Waals surface area contributed by atoms with Gasteiger partial charge in [0.25, 0.3) is 0 Å². The minimum Gasteiger partial charge on any atom is -0.497 e. The van der Waals surface area contributed by atoms with Crippen molar-refractivity contribution in [2.75, 3.05) is 14.2 Å². The first-order valence-electron chi connectivity index (χ1n) is 5.05. The van der Waals surface area contributed by atoms with Crippen LogP contribution in [0.15, 0.2) is 18.2 Å². The number of ether oxygens (including phenoxy) is 2. The minimum atomic E-state index is -0.335. The largest absolute Gasteiger partial charge is 0.497 e. The third-order valence-corrected chi connectivity index (χ3v) is 2.35. The molecule has 1 rings (SSSR count). The van der Waals surface area contributed by atoms with E-state index in [9.17, 15) is 4.79 Å². The highest BCUT2D eigenvalue weighted by atomic mass is 16.5. The predicted molar refractivity (Wildman–Crippen MR) is 61.8 cm³/mol. The molecule has 0 bridgehead atoms. The van der Waals surface area contributed by atoms with Crippen molar-refractivity contribution in [2.45, 2.75) is 19.4 Å². The summed E-state index contributed by atoms with van der Waals surface area (Å²) in [5.74, 6) is 1.41. The molecule has 0 fully saturated rings. The monoisotopic (exact) mass is 223 g/mol. The van der Waals surface area contributed by atoms with Crippen LogP contribution in [0.4, 0.5) is 0 Å². The lowest BCUT2D eigenvalue weighted by Gasteiger charge is -2.15. The Morgan fingerprint density at radius 1 is 1.38 bits per heavy atom. The van der Waals surface area contributed by atoms with Crippen molar-refractivity contribution in [3.8, 4) is 11.5 Å². The van der Waals surface area contributed by atoms with E-state index in [0.29, 0.717) is 17.9 Å². The van der Waals surface area contributed by atoms with Crippen LogP contribution in [0.5, 0.6) is 11.5 Å². The fourth-order valence-electron chi connectivity index (χ4n) is 1.54. The molecule has 0 aliphatic carbocycles. The van der Waals surface area contributed by atoms with Gasteiger partial charge in [0.05, 0.1) is 14.2 Å². The Kier molecular flexibility index (Phi) is 4.31. The fourth-order valence-corrected chi connectivity index (χ4v) is 1.54. The zero-order valence-electron chi connectivity index (χ0n) is 9.82. The summed E-state index contributed by atoms with van der Waals surface area (Å²) in [5, 5.41) is 0. The zero-order chi connectivity index (χ0) is 12.1. The highest BCUT2D eigenvalue weighted by molar-refractivity contribution is 5.76. The number of carbonyl (C=O) groups is 1. The van der Waals surface area contributed by atoms with E-state index in [4.69, 9.17) is 15.2 Å². The fraction of sp³-hybridized carbons (Fsp3) is 0.417. The van der Waals surface area contributed by atoms with Crippen molar-refractivity contribution in [1.82, 2.24) is 0 Å². The molecule has 0 saturated carbocycles. The number of hydrogen-bond acceptors (Lipinski definition) is 4. The van der Waals surface area contributed by atoms with Gasteiger partial charge in [-0.2, -0.15) is 0 Å². The van der Waals surface area contributed by atoms with E-state index in [0.717, 1.165) is 5.56 Å². The van der Waals surface area contributed by atoms with Gasteiger partial charge in [0.2, 0.25) is 0 Å². The van der Waals surface area contributed by atoms with Crippen LogP contribution in [-0.2, 0) is 4.79 Å². The van der Waals surface area contributed by atoms with Crippen molar-refractivity contribution < 1.29 is 14.3 Å². The first-order chi connectivity index (χ1) is 7.58.